The topological polar surface area (TPSA) is 84.7 Å². The summed E-state index contributed by atoms with van der Waals surface area (Å²) in [5, 5.41) is 14.6. The standard InChI is InChI=1S/C19H22N6O2/c26-19(16-7-4-9-25-18(16)21-22-23-25)20-17(15-5-2-1-3-6-15)8-10-24-11-13-27-14-12-24/h1-7,9,17H,8,10-14H2,(H,20,26)/t17-/m1/s1. The molecule has 3 aromatic rings. The summed E-state index contributed by atoms with van der Waals surface area (Å²) >= 11 is 0. The first-order valence-electron chi connectivity index (χ1n) is 9.14. The average molecular weight is 366 g/mol. The van der Waals surface area contributed by atoms with Crippen molar-refractivity contribution in [2.75, 3.05) is 32.8 Å². The van der Waals surface area contributed by atoms with Gasteiger partial charge in [0.1, 0.15) is 0 Å². The number of fused-ring (bicyclic) bond motifs is 1. The lowest BCUT2D eigenvalue weighted by Gasteiger charge is -2.28. The van der Waals surface area contributed by atoms with Crippen LogP contribution in [0.15, 0.2) is 48.7 Å². The van der Waals surface area contributed by atoms with Gasteiger partial charge in [-0.2, -0.15) is 4.52 Å². The molecule has 140 valence electrons. The van der Waals surface area contributed by atoms with Crippen LogP contribution in [0.5, 0.6) is 0 Å². The minimum atomic E-state index is -0.175. The van der Waals surface area contributed by atoms with Crippen LogP contribution in [0.2, 0.25) is 0 Å². The summed E-state index contributed by atoms with van der Waals surface area (Å²) in [5.41, 5.74) is 2.01. The van der Waals surface area contributed by atoms with Gasteiger partial charge in [-0.15, -0.1) is 5.10 Å². The van der Waals surface area contributed by atoms with E-state index in [-0.39, 0.29) is 11.9 Å². The second-order valence-electron chi connectivity index (χ2n) is 6.55. The Kier molecular flexibility index (Phi) is 5.36. The maximum atomic E-state index is 12.9. The van der Waals surface area contributed by atoms with Gasteiger partial charge in [0, 0.05) is 25.8 Å². The summed E-state index contributed by atoms with van der Waals surface area (Å²) in [4.78, 5) is 15.3. The lowest BCUT2D eigenvalue weighted by molar-refractivity contribution is 0.0360. The van der Waals surface area contributed by atoms with Crippen LogP contribution in [-0.2, 0) is 4.74 Å². The van der Waals surface area contributed by atoms with Gasteiger partial charge < -0.3 is 10.1 Å². The van der Waals surface area contributed by atoms with Crippen LogP contribution in [0.25, 0.3) is 5.65 Å². The molecule has 27 heavy (non-hydrogen) atoms. The molecule has 8 nitrogen and oxygen atoms in total. The van der Waals surface area contributed by atoms with Crippen LogP contribution >= 0.6 is 0 Å². The Morgan fingerprint density at radius 1 is 1.15 bits per heavy atom. The fraction of sp³-hybridized carbons (Fsp3) is 0.368. The van der Waals surface area contributed by atoms with Gasteiger partial charge in [0.25, 0.3) is 5.91 Å². The maximum Gasteiger partial charge on any atom is 0.255 e. The fourth-order valence-electron chi connectivity index (χ4n) is 3.32. The maximum absolute atomic E-state index is 12.9. The molecule has 1 fully saturated rings. The zero-order valence-electron chi connectivity index (χ0n) is 15.0. The molecule has 0 aliphatic carbocycles. The Morgan fingerprint density at radius 3 is 2.78 bits per heavy atom. The Bertz CT molecular complexity index is 891. The summed E-state index contributed by atoms with van der Waals surface area (Å²) in [6, 6.07) is 13.5. The van der Waals surface area contributed by atoms with Gasteiger partial charge in [-0.25, -0.2) is 0 Å². The van der Waals surface area contributed by atoms with Gasteiger partial charge in [-0.1, -0.05) is 30.3 Å². The minimum absolute atomic E-state index is 0.0855. The van der Waals surface area contributed by atoms with Gasteiger partial charge >= 0.3 is 0 Å². The first kappa shape index (κ1) is 17.6. The van der Waals surface area contributed by atoms with Gasteiger partial charge in [-0.05, 0) is 34.5 Å². The van der Waals surface area contributed by atoms with E-state index in [4.69, 9.17) is 4.74 Å². The highest BCUT2D eigenvalue weighted by Gasteiger charge is 2.20. The highest BCUT2D eigenvalue weighted by atomic mass is 16.5. The van der Waals surface area contributed by atoms with E-state index in [1.807, 2.05) is 30.3 Å². The van der Waals surface area contributed by atoms with E-state index in [1.165, 1.54) is 4.52 Å². The number of tetrazole rings is 1. The first-order chi connectivity index (χ1) is 13.3. The molecule has 0 unspecified atom stereocenters. The number of nitrogens with zero attached hydrogens (tertiary/aromatic N) is 5. The van der Waals surface area contributed by atoms with E-state index in [0.717, 1.165) is 44.8 Å². The highest BCUT2D eigenvalue weighted by Crippen LogP contribution is 2.19. The number of morpholine rings is 1. The Morgan fingerprint density at radius 2 is 1.96 bits per heavy atom. The van der Waals surface area contributed by atoms with E-state index in [2.05, 4.69) is 25.7 Å². The van der Waals surface area contributed by atoms with Crippen LogP contribution < -0.4 is 5.32 Å². The number of nitrogens with one attached hydrogen (secondary N) is 1. The van der Waals surface area contributed by atoms with Crippen molar-refractivity contribution >= 4 is 11.6 Å². The Balaban J connectivity index is 1.51. The van der Waals surface area contributed by atoms with Gasteiger partial charge in [0.2, 0.25) is 0 Å². The van der Waals surface area contributed by atoms with Gasteiger partial charge in [0.05, 0.1) is 24.8 Å². The van der Waals surface area contributed by atoms with E-state index in [1.54, 1.807) is 18.3 Å². The average Bonchev–Trinajstić information content (AvgIpc) is 3.21. The number of carbonyl (C=O) groups is 1. The van der Waals surface area contributed by atoms with Crippen molar-refractivity contribution in [2.45, 2.75) is 12.5 Å². The molecule has 1 amide bonds. The molecular formula is C19H22N6O2. The second kappa shape index (κ2) is 8.24. The van der Waals surface area contributed by atoms with Crippen LogP contribution in [0.4, 0.5) is 0 Å². The van der Waals surface area contributed by atoms with Crippen molar-refractivity contribution < 1.29 is 9.53 Å². The molecule has 2 aromatic heterocycles. The van der Waals surface area contributed by atoms with Crippen molar-refractivity contribution in [1.29, 1.82) is 0 Å². The Labute approximate surface area is 157 Å². The molecule has 1 aromatic carbocycles. The number of carbonyl (C=O) groups excluding carboxylic acids is 1. The van der Waals surface area contributed by atoms with E-state index >= 15 is 0 Å². The summed E-state index contributed by atoms with van der Waals surface area (Å²) in [7, 11) is 0. The van der Waals surface area contributed by atoms with Gasteiger partial charge in [-0.3, -0.25) is 9.69 Å². The van der Waals surface area contributed by atoms with Crippen molar-refractivity contribution in [2.24, 2.45) is 0 Å². The third-order valence-electron chi connectivity index (χ3n) is 4.81. The Hall–Kier alpha value is -2.84. The summed E-state index contributed by atoms with van der Waals surface area (Å²) < 4.78 is 6.91. The van der Waals surface area contributed by atoms with Crippen molar-refractivity contribution in [3.63, 3.8) is 0 Å². The molecule has 1 N–H and O–H groups in total. The quantitative estimate of drug-likeness (QED) is 0.708. The molecule has 0 saturated carbocycles. The first-order valence-corrected chi connectivity index (χ1v) is 9.14. The van der Waals surface area contributed by atoms with Gasteiger partial charge in [0.15, 0.2) is 5.65 Å². The molecule has 1 saturated heterocycles. The van der Waals surface area contributed by atoms with Crippen molar-refractivity contribution in [3.05, 3.63) is 59.8 Å². The van der Waals surface area contributed by atoms with Crippen LogP contribution in [-0.4, -0.2) is 63.7 Å². The molecular weight excluding hydrogens is 344 g/mol. The smallest absolute Gasteiger partial charge is 0.255 e. The van der Waals surface area contributed by atoms with Crippen molar-refractivity contribution in [1.82, 2.24) is 30.3 Å². The van der Waals surface area contributed by atoms with Crippen LogP contribution in [0.3, 0.4) is 0 Å². The van der Waals surface area contributed by atoms with Crippen LogP contribution in [0.1, 0.15) is 28.4 Å². The summed E-state index contributed by atoms with van der Waals surface area (Å²) in [6.07, 6.45) is 2.54. The van der Waals surface area contributed by atoms with E-state index in [0.29, 0.717) is 11.2 Å². The summed E-state index contributed by atoms with van der Waals surface area (Å²) in [6.45, 7) is 4.30. The predicted octanol–water partition coefficient (Wildman–Crippen LogP) is 1.32. The molecule has 1 atom stereocenters. The number of rotatable bonds is 6. The molecule has 0 spiro atoms. The zero-order chi connectivity index (χ0) is 18.5. The lowest BCUT2D eigenvalue weighted by Crippen LogP contribution is -2.39. The number of pyridine rings is 1. The van der Waals surface area contributed by atoms with Crippen molar-refractivity contribution in [3.8, 4) is 0 Å². The molecule has 1 aliphatic rings. The third kappa shape index (κ3) is 4.12. The van der Waals surface area contributed by atoms with E-state index < -0.39 is 0 Å². The second-order valence-corrected chi connectivity index (χ2v) is 6.55. The number of hydrogen-bond donors (Lipinski definition) is 1. The fourth-order valence-corrected chi connectivity index (χ4v) is 3.32. The zero-order valence-corrected chi connectivity index (χ0v) is 15.0. The number of ether oxygens (including phenoxy) is 1. The minimum Gasteiger partial charge on any atom is -0.379 e. The normalized spacial score (nSPS) is 16.3. The number of aromatic nitrogens is 4. The SMILES string of the molecule is O=C(N[C@H](CCN1CCOCC1)c1ccccc1)c1cccn2nnnc12. The monoisotopic (exact) mass is 366 g/mol. The molecule has 8 heteroatoms. The largest absolute Gasteiger partial charge is 0.379 e. The molecule has 3 heterocycles. The molecule has 0 bridgehead atoms. The van der Waals surface area contributed by atoms with Crippen LogP contribution in [0, 0.1) is 0 Å². The molecule has 1 aliphatic heterocycles. The lowest BCUT2D eigenvalue weighted by atomic mass is 10.0. The third-order valence-corrected chi connectivity index (χ3v) is 4.81. The number of benzene rings is 1. The predicted molar refractivity (Wildman–Crippen MR) is 99.3 cm³/mol. The number of hydrogen-bond acceptors (Lipinski definition) is 6. The molecule has 0 radical (unpaired) electrons. The van der Waals surface area contributed by atoms with E-state index in [9.17, 15) is 4.79 Å². The number of amides is 1. The molecule has 4 rings (SSSR count). The highest BCUT2D eigenvalue weighted by molar-refractivity contribution is 5.99. The summed E-state index contributed by atoms with van der Waals surface area (Å²) in [5.74, 6) is -0.175.